The van der Waals surface area contributed by atoms with E-state index in [-0.39, 0.29) is 0 Å². The normalized spacial score (nSPS) is 14.4. The highest BCUT2D eigenvalue weighted by Gasteiger charge is 2.24. The van der Waals surface area contributed by atoms with Crippen LogP contribution in [0, 0.1) is 11.3 Å². The van der Waals surface area contributed by atoms with Crippen LogP contribution in [0.1, 0.15) is 60.8 Å². The lowest BCUT2D eigenvalue weighted by Crippen LogP contribution is -2.21. The van der Waals surface area contributed by atoms with E-state index < -0.39 is 0 Å². The fourth-order valence-corrected chi connectivity index (χ4v) is 1.31. The molecule has 1 atom stereocenters. The van der Waals surface area contributed by atoms with Crippen LogP contribution in [-0.4, -0.2) is 0 Å². The summed E-state index contributed by atoms with van der Waals surface area (Å²) in [6.07, 6.45) is 5.74. The van der Waals surface area contributed by atoms with Gasteiger partial charge < -0.3 is 0 Å². The van der Waals surface area contributed by atoms with Crippen molar-refractivity contribution in [3.8, 4) is 0 Å². The van der Waals surface area contributed by atoms with Crippen molar-refractivity contribution in [3.05, 3.63) is 12.7 Å². The zero-order valence-electron chi connectivity index (χ0n) is 10.5. The van der Waals surface area contributed by atoms with E-state index in [9.17, 15) is 0 Å². The Bertz CT molecular complexity index is 113. The fourth-order valence-electron chi connectivity index (χ4n) is 1.31. The van der Waals surface area contributed by atoms with Crippen LogP contribution in [0.3, 0.4) is 0 Å². The number of rotatable bonds is 5. The molecule has 0 heterocycles. The van der Waals surface area contributed by atoms with Crippen LogP contribution in [0.4, 0.5) is 0 Å². The fraction of sp³-hybridized carbons (Fsp3) is 0.846. The molecule has 0 aliphatic carbocycles. The minimum Gasteiger partial charge on any atom is -0.103 e. The summed E-state index contributed by atoms with van der Waals surface area (Å²) in [5.74, 6) is 0.785. The molecule has 0 amide bonds. The lowest BCUT2D eigenvalue weighted by atomic mass is 9.73. The Balaban J connectivity index is 0. The monoisotopic (exact) mass is 184 g/mol. The predicted octanol–water partition coefficient (Wildman–Crippen LogP) is 5.05. The quantitative estimate of drug-likeness (QED) is 0.524. The Hall–Kier alpha value is -0.260. The van der Waals surface area contributed by atoms with Gasteiger partial charge in [-0.15, -0.1) is 6.58 Å². The largest absolute Gasteiger partial charge is 0.103 e. The summed E-state index contributed by atoms with van der Waals surface area (Å²) < 4.78 is 0. The van der Waals surface area contributed by atoms with Gasteiger partial charge in [-0.05, 0) is 24.2 Å². The highest BCUT2D eigenvalue weighted by atomic mass is 14.3. The van der Waals surface area contributed by atoms with Crippen LogP contribution < -0.4 is 0 Å². The van der Waals surface area contributed by atoms with Gasteiger partial charge in [-0.3, -0.25) is 0 Å². The van der Waals surface area contributed by atoms with Crippen molar-refractivity contribution in [2.45, 2.75) is 60.8 Å². The molecule has 0 radical (unpaired) electrons. The minimum atomic E-state index is 0.522. The van der Waals surface area contributed by atoms with Gasteiger partial charge in [-0.1, -0.05) is 54.0 Å². The van der Waals surface area contributed by atoms with Crippen LogP contribution in [0.5, 0.6) is 0 Å². The van der Waals surface area contributed by atoms with E-state index in [0.29, 0.717) is 5.41 Å². The van der Waals surface area contributed by atoms with Gasteiger partial charge in [-0.25, -0.2) is 0 Å². The van der Waals surface area contributed by atoms with Gasteiger partial charge in [0, 0.05) is 0 Å². The maximum absolute atomic E-state index is 3.76. The van der Waals surface area contributed by atoms with Crippen LogP contribution in [0.2, 0.25) is 0 Å². The van der Waals surface area contributed by atoms with Crippen molar-refractivity contribution in [1.29, 1.82) is 0 Å². The second-order valence-electron chi connectivity index (χ2n) is 3.99. The summed E-state index contributed by atoms with van der Waals surface area (Å²) in [5, 5.41) is 0. The molecule has 0 N–H and O–H groups in total. The van der Waals surface area contributed by atoms with Gasteiger partial charge >= 0.3 is 0 Å². The number of hydrogen-bond acceptors (Lipinski definition) is 0. The summed E-state index contributed by atoms with van der Waals surface area (Å²) in [5.41, 5.74) is 0.522. The van der Waals surface area contributed by atoms with Crippen LogP contribution in [0.25, 0.3) is 0 Å². The highest BCUT2D eigenvalue weighted by Crippen LogP contribution is 2.35. The molecule has 1 unspecified atom stereocenters. The van der Waals surface area contributed by atoms with Crippen LogP contribution >= 0.6 is 0 Å². The topological polar surface area (TPSA) is 0 Å². The van der Waals surface area contributed by atoms with Crippen LogP contribution in [0.15, 0.2) is 12.7 Å². The Labute approximate surface area is 85.4 Å². The molecule has 0 spiro atoms. The molecule has 0 aromatic carbocycles. The maximum Gasteiger partial charge on any atom is -0.0302 e. The molecule has 0 nitrogen and oxygen atoms in total. The Morgan fingerprint density at radius 1 is 1.31 bits per heavy atom. The summed E-state index contributed by atoms with van der Waals surface area (Å²) >= 11 is 0. The summed E-state index contributed by atoms with van der Waals surface area (Å²) in [4.78, 5) is 0. The van der Waals surface area contributed by atoms with E-state index in [4.69, 9.17) is 0 Å². The number of hydrogen-bond donors (Lipinski definition) is 0. The zero-order chi connectivity index (χ0) is 10.9. The molecule has 0 aromatic rings. The molecule has 0 rings (SSSR count). The summed E-state index contributed by atoms with van der Waals surface area (Å²) in [6.45, 7) is 17.0. The van der Waals surface area contributed by atoms with E-state index in [2.05, 4.69) is 34.3 Å². The Morgan fingerprint density at radius 2 is 1.77 bits per heavy atom. The van der Waals surface area contributed by atoms with E-state index in [1.54, 1.807) is 0 Å². The van der Waals surface area contributed by atoms with Crippen molar-refractivity contribution in [1.82, 2.24) is 0 Å². The van der Waals surface area contributed by atoms with E-state index in [1.807, 2.05) is 19.9 Å². The lowest BCUT2D eigenvalue weighted by molar-refractivity contribution is 0.192. The number of allylic oxidation sites excluding steroid dienone is 1. The van der Waals surface area contributed by atoms with Gasteiger partial charge in [0.15, 0.2) is 0 Å². The molecule has 0 aliphatic rings. The SMILES string of the molecule is C=CCCC(C)(CC)C(C)C.CC. The van der Waals surface area contributed by atoms with Crippen molar-refractivity contribution in [2.24, 2.45) is 11.3 Å². The van der Waals surface area contributed by atoms with Crippen molar-refractivity contribution >= 4 is 0 Å². The van der Waals surface area contributed by atoms with Gasteiger partial charge in [0.05, 0.1) is 0 Å². The first-order chi connectivity index (χ1) is 6.06. The van der Waals surface area contributed by atoms with Gasteiger partial charge in [-0.2, -0.15) is 0 Å². The molecule has 13 heavy (non-hydrogen) atoms. The third-order valence-corrected chi connectivity index (χ3v) is 3.12. The average Bonchev–Trinajstić information content (AvgIpc) is 2.17. The van der Waals surface area contributed by atoms with Crippen molar-refractivity contribution in [3.63, 3.8) is 0 Å². The van der Waals surface area contributed by atoms with Gasteiger partial charge in [0.25, 0.3) is 0 Å². The van der Waals surface area contributed by atoms with Gasteiger partial charge in [0.1, 0.15) is 0 Å². The third-order valence-electron chi connectivity index (χ3n) is 3.12. The molecular weight excluding hydrogens is 156 g/mol. The molecule has 0 saturated heterocycles. The predicted molar refractivity (Wildman–Crippen MR) is 64.0 cm³/mol. The van der Waals surface area contributed by atoms with Crippen molar-refractivity contribution in [2.75, 3.05) is 0 Å². The first kappa shape index (κ1) is 15.2. The molecule has 0 aromatic heterocycles. The molecular formula is C13H28. The van der Waals surface area contributed by atoms with E-state index in [1.165, 1.54) is 12.8 Å². The Kier molecular flexibility index (Phi) is 9.77. The third kappa shape index (κ3) is 5.90. The zero-order valence-corrected chi connectivity index (χ0v) is 10.5. The van der Waals surface area contributed by atoms with E-state index in [0.717, 1.165) is 12.3 Å². The minimum absolute atomic E-state index is 0.522. The summed E-state index contributed by atoms with van der Waals surface area (Å²) in [7, 11) is 0. The van der Waals surface area contributed by atoms with Crippen molar-refractivity contribution < 1.29 is 0 Å². The molecule has 0 aliphatic heterocycles. The molecule has 0 fully saturated rings. The molecule has 80 valence electrons. The van der Waals surface area contributed by atoms with Crippen LogP contribution in [-0.2, 0) is 0 Å². The van der Waals surface area contributed by atoms with Gasteiger partial charge in [0.2, 0.25) is 0 Å². The molecule has 0 heteroatoms. The molecule has 0 saturated carbocycles. The summed E-state index contributed by atoms with van der Waals surface area (Å²) in [6, 6.07) is 0. The maximum atomic E-state index is 3.76. The lowest BCUT2D eigenvalue weighted by Gasteiger charge is -2.32. The molecule has 0 bridgehead atoms. The first-order valence-corrected chi connectivity index (χ1v) is 5.67. The first-order valence-electron chi connectivity index (χ1n) is 5.67. The Morgan fingerprint density at radius 3 is 2.00 bits per heavy atom. The highest BCUT2D eigenvalue weighted by molar-refractivity contribution is 4.80. The second-order valence-corrected chi connectivity index (χ2v) is 3.99. The average molecular weight is 184 g/mol. The standard InChI is InChI=1S/C11H22.C2H6/c1-6-8-9-11(5,7-2)10(3)4;1-2/h6,10H,1,7-9H2,2-5H3;1-2H3. The second kappa shape index (κ2) is 8.34. The van der Waals surface area contributed by atoms with E-state index >= 15 is 0 Å². The smallest absolute Gasteiger partial charge is 0.0302 e.